The van der Waals surface area contributed by atoms with E-state index in [1.54, 1.807) is 19.2 Å². The summed E-state index contributed by atoms with van der Waals surface area (Å²) in [5.74, 6) is -0.0249. The van der Waals surface area contributed by atoms with Gasteiger partial charge in [0.25, 0.3) is 0 Å². The van der Waals surface area contributed by atoms with Gasteiger partial charge < -0.3 is 10.5 Å². The van der Waals surface area contributed by atoms with Crippen LogP contribution < -0.4 is 5.73 Å². The molecule has 25 heavy (non-hydrogen) atoms. The molecule has 0 aliphatic rings. The molecule has 2 aromatic carbocycles. The second-order valence-electron chi connectivity index (χ2n) is 5.76. The Morgan fingerprint density at radius 3 is 2.72 bits per heavy atom. The van der Waals surface area contributed by atoms with Gasteiger partial charge in [-0.15, -0.1) is 10.2 Å². The van der Waals surface area contributed by atoms with E-state index >= 15 is 0 Å². The summed E-state index contributed by atoms with van der Waals surface area (Å²) in [4.78, 5) is 12.5. The third-order valence-corrected chi connectivity index (χ3v) is 4.88. The zero-order valence-electron chi connectivity index (χ0n) is 14.2. The number of ketones is 1. The number of hydrogen-bond acceptors (Lipinski definition) is 6. The molecule has 0 aliphatic carbocycles. The molecule has 0 saturated heterocycles. The van der Waals surface area contributed by atoms with E-state index in [2.05, 4.69) is 10.2 Å². The lowest BCUT2D eigenvalue weighted by Gasteiger charge is -2.06. The van der Waals surface area contributed by atoms with Crippen LogP contribution in [-0.2, 0) is 17.8 Å². The molecule has 0 unspecified atom stereocenters. The maximum Gasteiger partial charge on any atom is 0.169 e. The van der Waals surface area contributed by atoms with Crippen molar-refractivity contribution in [3.05, 3.63) is 64.2 Å². The van der Waals surface area contributed by atoms with Gasteiger partial charge in [0.05, 0.1) is 13.0 Å². The van der Waals surface area contributed by atoms with Crippen LogP contribution >= 0.6 is 11.3 Å². The molecular weight excluding hydrogens is 334 g/mol. The number of aromatic nitrogens is 2. The van der Waals surface area contributed by atoms with Crippen molar-refractivity contribution >= 4 is 22.8 Å². The van der Waals surface area contributed by atoms with Crippen LogP contribution in [0.3, 0.4) is 0 Å². The highest BCUT2D eigenvalue weighted by molar-refractivity contribution is 7.14. The van der Waals surface area contributed by atoms with Crippen molar-refractivity contribution in [1.82, 2.24) is 10.2 Å². The number of benzene rings is 2. The Hall–Kier alpha value is -2.57. The normalized spacial score (nSPS) is 10.8. The number of hydrogen-bond donors (Lipinski definition) is 1. The molecule has 0 atom stereocenters. The molecule has 2 N–H and O–H groups in total. The predicted octanol–water partition coefficient (Wildman–Crippen LogP) is 3.67. The highest BCUT2D eigenvalue weighted by Crippen LogP contribution is 2.27. The van der Waals surface area contributed by atoms with Crippen LogP contribution in [0.1, 0.15) is 26.5 Å². The summed E-state index contributed by atoms with van der Waals surface area (Å²) in [6.45, 7) is 2.46. The van der Waals surface area contributed by atoms with Crippen LogP contribution in [-0.4, -0.2) is 23.1 Å². The fourth-order valence-electron chi connectivity index (χ4n) is 2.54. The summed E-state index contributed by atoms with van der Waals surface area (Å²) in [6.07, 6.45) is 0.215. The van der Waals surface area contributed by atoms with Crippen molar-refractivity contribution in [2.24, 2.45) is 0 Å². The highest BCUT2D eigenvalue weighted by Gasteiger charge is 2.14. The van der Waals surface area contributed by atoms with E-state index in [0.717, 1.165) is 21.7 Å². The van der Waals surface area contributed by atoms with Gasteiger partial charge in [0, 0.05) is 29.5 Å². The van der Waals surface area contributed by atoms with Gasteiger partial charge in [-0.25, -0.2) is 0 Å². The van der Waals surface area contributed by atoms with Crippen molar-refractivity contribution in [2.75, 3.05) is 12.8 Å². The molecule has 0 fully saturated rings. The Bertz CT molecular complexity index is 905. The number of aryl methyl sites for hydroxylation is 1. The molecule has 3 rings (SSSR count). The molecule has 0 bridgehead atoms. The Morgan fingerprint density at radius 1 is 1.20 bits per heavy atom. The van der Waals surface area contributed by atoms with Gasteiger partial charge >= 0.3 is 0 Å². The first kappa shape index (κ1) is 17.3. The van der Waals surface area contributed by atoms with Crippen LogP contribution in [0.15, 0.2) is 42.5 Å². The number of nitrogens with two attached hydrogens (primary N) is 1. The summed E-state index contributed by atoms with van der Waals surface area (Å²) < 4.78 is 5.08. The van der Waals surface area contributed by atoms with Gasteiger partial charge in [0.2, 0.25) is 0 Å². The monoisotopic (exact) mass is 353 g/mol. The fourth-order valence-corrected chi connectivity index (χ4v) is 3.47. The summed E-state index contributed by atoms with van der Waals surface area (Å²) in [7, 11) is 1.61. The van der Waals surface area contributed by atoms with Crippen molar-refractivity contribution in [1.29, 1.82) is 0 Å². The quantitative estimate of drug-likeness (QED) is 0.540. The average Bonchev–Trinajstić information content (AvgIpc) is 3.05. The van der Waals surface area contributed by atoms with E-state index in [1.165, 1.54) is 11.3 Å². The lowest BCUT2D eigenvalue weighted by Crippen LogP contribution is -2.05. The summed E-state index contributed by atoms with van der Waals surface area (Å²) in [5, 5.41) is 9.92. The topological polar surface area (TPSA) is 78.1 Å². The first-order valence-electron chi connectivity index (χ1n) is 7.87. The fraction of sp³-hybridized carbons (Fsp3) is 0.211. The number of nitrogens with zero attached hydrogens (tertiary/aromatic N) is 2. The number of carbonyl (C=O) groups excluding carboxylic acids is 1. The van der Waals surface area contributed by atoms with Crippen LogP contribution in [0, 0.1) is 6.92 Å². The van der Waals surface area contributed by atoms with Gasteiger partial charge in [-0.3, -0.25) is 4.79 Å². The number of anilines is 1. The maximum atomic E-state index is 12.5. The van der Waals surface area contributed by atoms with Crippen LogP contribution in [0.25, 0.3) is 10.6 Å². The minimum Gasteiger partial charge on any atom is -0.398 e. The molecule has 1 aromatic heterocycles. The molecule has 128 valence electrons. The first-order valence-corrected chi connectivity index (χ1v) is 8.69. The lowest BCUT2D eigenvalue weighted by atomic mass is 10.0. The number of rotatable bonds is 6. The Labute approximate surface area is 150 Å². The first-order chi connectivity index (χ1) is 12.1. The van der Waals surface area contributed by atoms with E-state index in [-0.39, 0.29) is 12.2 Å². The molecule has 0 saturated carbocycles. The maximum absolute atomic E-state index is 12.5. The van der Waals surface area contributed by atoms with Crippen molar-refractivity contribution < 1.29 is 9.53 Å². The Balaban J connectivity index is 1.76. The third kappa shape index (κ3) is 3.92. The van der Waals surface area contributed by atoms with Gasteiger partial charge in [0.15, 0.2) is 5.78 Å². The van der Waals surface area contributed by atoms with Crippen LogP contribution in [0.4, 0.5) is 5.69 Å². The second kappa shape index (κ2) is 7.55. The smallest absolute Gasteiger partial charge is 0.169 e. The van der Waals surface area contributed by atoms with E-state index < -0.39 is 0 Å². The SMILES string of the molecule is COCc1ccc(C(=O)Cc2nnc(-c3ccccc3C)s2)cc1N. The molecule has 0 spiro atoms. The van der Waals surface area contributed by atoms with Gasteiger partial charge in [-0.05, 0) is 18.6 Å². The van der Waals surface area contributed by atoms with Crippen LogP contribution in [0.5, 0.6) is 0 Å². The van der Waals surface area contributed by atoms with Crippen molar-refractivity contribution in [3.63, 3.8) is 0 Å². The summed E-state index contributed by atoms with van der Waals surface area (Å²) in [5.41, 5.74) is 10.2. The van der Waals surface area contributed by atoms with E-state index in [1.807, 2.05) is 37.3 Å². The summed E-state index contributed by atoms with van der Waals surface area (Å²) in [6, 6.07) is 13.3. The average molecular weight is 353 g/mol. The molecule has 1 heterocycles. The third-order valence-electron chi connectivity index (χ3n) is 3.92. The number of methoxy groups -OCH3 is 1. The van der Waals surface area contributed by atoms with Gasteiger partial charge in [-0.1, -0.05) is 47.7 Å². The predicted molar refractivity (Wildman–Crippen MR) is 99.7 cm³/mol. The lowest BCUT2D eigenvalue weighted by molar-refractivity contribution is 0.0992. The van der Waals surface area contributed by atoms with Crippen LogP contribution in [0.2, 0.25) is 0 Å². The number of carbonyl (C=O) groups is 1. The Kier molecular flexibility index (Phi) is 5.21. The zero-order chi connectivity index (χ0) is 17.8. The molecule has 0 amide bonds. The highest BCUT2D eigenvalue weighted by atomic mass is 32.1. The second-order valence-corrected chi connectivity index (χ2v) is 6.82. The number of ether oxygens (including phenoxy) is 1. The number of nitrogen functional groups attached to an aromatic ring is 1. The molecule has 0 radical (unpaired) electrons. The Morgan fingerprint density at radius 2 is 2.00 bits per heavy atom. The number of Topliss-reactive ketones (excluding diaryl/α,β-unsaturated/α-hetero) is 1. The molecular formula is C19H19N3O2S. The minimum atomic E-state index is -0.0249. The van der Waals surface area contributed by atoms with Crippen molar-refractivity contribution in [3.8, 4) is 10.6 Å². The molecule has 0 aliphatic heterocycles. The summed E-state index contributed by atoms with van der Waals surface area (Å²) >= 11 is 1.44. The molecule has 3 aromatic rings. The van der Waals surface area contributed by atoms with E-state index in [4.69, 9.17) is 10.5 Å². The van der Waals surface area contributed by atoms with E-state index in [9.17, 15) is 4.79 Å². The van der Waals surface area contributed by atoms with Gasteiger partial charge in [-0.2, -0.15) is 0 Å². The minimum absolute atomic E-state index is 0.0249. The standard InChI is InChI=1S/C19H19N3O2S/c1-12-5-3-4-6-15(12)19-22-21-18(25-19)10-17(23)13-7-8-14(11-24-2)16(20)9-13/h3-9H,10-11,20H2,1-2H3. The largest absolute Gasteiger partial charge is 0.398 e. The van der Waals surface area contributed by atoms with Gasteiger partial charge in [0.1, 0.15) is 10.0 Å². The van der Waals surface area contributed by atoms with Crippen molar-refractivity contribution in [2.45, 2.75) is 20.0 Å². The zero-order valence-corrected chi connectivity index (χ0v) is 15.0. The molecule has 6 heteroatoms. The molecule has 5 nitrogen and oxygen atoms in total. The van der Waals surface area contributed by atoms with E-state index in [0.29, 0.717) is 22.9 Å².